The Balaban J connectivity index is 2.04. The summed E-state index contributed by atoms with van der Waals surface area (Å²) in [5, 5.41) is 0. The van der Waals surface area contributed by atoms with E-state index in [0.29, 0.717) is 13.0 Å². The number of carbonyl (C=O) groups excluding carboxylic acids is 2. The first-order valence-electron chi connectivity index (χ1n) is 10.3. The Labute approximate surface area is 169 Å². The number of hydrogen-bond acceptors (Lipinski definition) is 4. The average Bonchev–Trinajstić information content (AvgIpc) is 2.72. The Hall–Kier alpha value is -2.36. The normalized spacial score (nSPS) is 10.3. The van der Waals surface area contributed by atoms with Gasteiger partial charge in [-0.05, 0) is 43.0 Å². The van der Waals surface area contributed by atoms with Gasteiger partial charge in [-0.15, -0.1) is 0 Å². The van der Waals surface area contributed by atoms with Crippen molar-refractivity contribution in [1.29, 1.82) is 0 Å². The first-order valence-corrected chi connectivity index (χ1v) is 10.3. The van der Waals surface area contributed by atoms with E-state index >= 15 is 0 Å². The number of rotatable bonds is 17. The molecule has 0 aromatic heterocycles. The van der Waals surface area contributed by atoms with E-state index in [0.717, 1.165) is 31.1 Å². The molecule has 0 aliphatic rings. The van der Waals surface area contributed by atoms with Gasteiger partial charge in [0.2, 0.25) is 0 Å². The molecule has 0 N–H and O–H groups in total. The van der Waals surface area contributed by atoms with Crippen LogP contribution in [0.3, 0.4) is 0 Å². The van der Waals surface area contributed by atoms with Gasteiger partial charge >= 0.3 is 5.97 Å². The van der Waals surface area contributed by atoms with Crippen molar-refractivity contribution in [3.63, 3.8) is 0 Å². The van der Waals surface area contributed by atoms with E-state index in [1.54, 1.807) is 0 Å². The zero-order valence-electron chi connectivity index (χ0n) is 17.0. The zero-order valence-corrected chi connectivity index (χ0v) is 17.0. The maximum atomic E-state index is 11.1. The molecule has 0 bridgehead atoms. The van der Waals surface area contributed by atoms with E-state index in [-0.39, 0.29) is 12.4 Å². The summed E-state index contributed by atoms with van der Waals surface area (Å²) < 4.78 is 10.5. The Kier molecular flexibility index (Phi) is 13.3. The number of ketones is 1. The third-order valence-corrected chi connectivity index (χ3v) is 4.53. The second-order valence-electron chi connectivity index (χ2n) is 6.87. The van der Waals surface area contributed by atoms with Crippen LogP contribution in [0.2, 0.25) is 0 Å². The first kappa shape index (κ1) is 23.7. The lowest BCUT2D eigenvalue weighted by molar-refractivity contribution is -0.138. The van der Waals surface area contributed by atoms with Gasteiger partial charge in [0.1, 0.15) is 19.0 Å². The van der Waals surface area contributed by atoms with Crippen LogP contribution in [-0.2, 0) is 20.7 Å². The summed E-state index contributed by atoms with van der Waals surface area (Å²) in [7, 11) is 0. The molecule has 154 valence electrons. The standard InChI is InChI=1S/C24H34O4/c1-3-22(25)16-12-10-8-6-5-7-9-11-14-21-15-13-17-23(20-21)27-18-19-28-24(26)4-2/h3-4,13,15,17,20H,1-2,5-12,14,16,18-19H2. The molecule has 0 aliphatic carbocycles. The predicted molar refractivity (Wildman–Crippen MR) is 114 cm³/mol. The SMILES string of the molecule is C=CC(=O)CCCCCCCCCCc1cccc(OCCOC(=O)C=C)c1. The van der Waals surface area contributed by atoms with Crippen LogP contribution in [-0.4, -0.2) is 25.0 Å². The molecule has 0 saturated carbocycles. The number of carbonyl (C=O) groups is 2. The van der Waals surface area contributed by atoms with E-state index in [9.17, 15) is 9.59 Å². The van der Waals surface area contributed by atoms with Gasteiger partial charge in [0.15, 0.2) is 5.78 Å². The van der Waals surface area contributed by atoms with E-state index in [1.807, 2.05) is 12.1 Å². The van der Waals surface area contributed by atoms with Crippen molar-refractivity contribution in [1.82, 2.24) is 0 Å². The maximum Gasteiger partial charge on any atom is 0.330 e. The maximum absolute atomic E-state index is 11.1. The summed E-state index contributed by atoms with van der Waals surface area (Å²) in [5.41, 5.74) is 1.27. The van der Waals surface area contributed by atoms with Crippen LogP contribution in [0, 0.1) is 0 Å². The highest BCUT2D eigenvalue weighted by atomic mass is 16.6. The third-order valence-electron chi connectivity index (χ3n) is 4.53. The van der Waals surface area contributed by atoms with Crippen molar-refractivity contribution in [2.75, 3.05) is 13.2 Å². The molecule has 0 fully saturated rings. The lowest BCUT2D eigenvalue weighted by atomic mass is 10.0. The molecular formula is C24H34O4. The Bertz CT molecular complexity index is 606. The van der Waals surface area contributed by atoms with Gasteiger partial charge in [-0.2, -0.15) is 0 Å². The minimum Gasteiger partial charge on any atom is -0.490 e. The third kappa shape index (κ3) is 12.1. The number of ether oxygens (including phenoxy) is 2. The van der Waals surface area contributed by atoms with Crippen LogP contribution in [0.5, 0.6) is 5.75 Å². The fourth-order valence-electron chi connectivity index (χ4n) is 2.94. The van der Waals surface area contributed by atoms with Crippen LogP contribution < -0.4 is 4.74 Å². The summed E-state index contributed by atoms with van der Waals surface area (Å²) in [5.74, 6) is 0.535. The minimum atomic E-state index is -0.430. The fraction of sp³-hybridized carbons (Fsp3) is 0.500. The van der Waals surface area contributed by atoms with Crippen LogP contribution >= 0.6 is 0 Å². The summed E-state index contributed by atoms with van der Waals surface area (Å²) >= 11 is 0. The molecule has 0 atom stereocenters. The number of esters is 1. The molecule has 0 unspecified atom stereocenters. The number of unbranched alkanes of at least 4 members (excludes halogenated alkanes) is 7. The van der Waals surface area contributed by atoms with Gasteiger partial charge in [-0.1, -0.05) is 63.8 Å². The molecule has 0 heterocycles. The molecule has 28 heavy (non-hydrogen) atoms. The van der Waals surface area contributed by atoms with Gasteiger partial charge in [0.25, 0.3) is 0 Å². The van der Waals surface area contributed by atoms with Crippen molar-refractivity contribution in [3.05, 3.63) is 55.1 Å². The highest BCUT2D eigenvalue weighted by Gasteiger charge is 2.00. The Morgan fingerprint density at radius 2 is 1.54 bits per heavy atom. The van der Waals surface area contributed by atoms with Crippen LogP contribution in [0.15, 0.2) is 49.6 Å². The molecule has 1 aromatic carbocycles. The van der Waals surface area contributed by atoms with Gasteiger partial charge in [-0.3, -0.25) is 4.79 Å². The van der Waals surface area contributed by atoms with Gasteiger partial charge < -0.3 is 9.47 Å². The van der Waals surface area contributed by atoms with Crippen molar-refractivity contribution in [2.24, 2.45) is 0 Å². The van der Waals surface area contributed by atoms with E-state index < -0.39 is 5.97 Å². The fourth-order valence-corrected chi connectivity index (χ4v) is 2.94. The number of aryl methyl sites for hydroxylation is 1. The Morgan fingerprint density at radius 3 is 2.21 bits per heavy atom. The molecule has 0 amide bonds. The summed E-state index contributed by atoms with van der Waals surface area (Å²) in [6, 6.07) is 8.09. The van der Waals surface area contributed by atoms with Crippen LogP contribution in [0.1, 0.15) is 63.4 Å². The van der Waals surface area contributed by atoms with Crippen molar-refractivity contribution in [2.45, 2.75) is 64.2 Å². The molecule has 0 radical (unpaired) electrons. The Morgan fingerprint density at radius 1 is 0.857 bits per heavy atom. The molecular weight excluding hydrogens is 352 g/mol. The summed E-state index contributed by atoms with van der Waals surface area (Å²) in [4.78, 5) is 22.1. The van der Waals surface area contributed by atoms with Crippen molar-refractivity contribution in [3.8, 4) is 5.75 Å². The molecule has 1 aromatic rings. The quantitative estimate of drug-likeness (QED) is 0.199. The second kappa shape index (κ2) is 15.7. The average molecular weight is 387 g/mol. The van der Waals surface area contributed by atoms with Crippen LogP contribution in [0.25, 0.3) is 0 Å². The summed E-state index contributed by atoms with van der Waals surface area (Å²) in [6.07, 6.45) is 13.8. The highest BCUT2D eigenvalue weighted by molar-refractivity contribution is 5.88. The number of benzene rings is 1. The molecule has 4 heteroatoms. The molecule has 0 spiro atoms. The molecule has 4 nitrogen and oxygen atoms in total. The predicted octanol–water partition coefficient (Wildman–Crippen LogP) is 5.60. The molecule has 1 rings (SSSR count). The van der Waals surface area contributed by atoms with E-state index in [2.05, 4.69) is 25.3 Å². The number of allylic oxidation sites excluding steroid dienone is 1. The topological polar surface area (TPSA) is 52.6 Å². The first-order chi connectivity index (χ1) is 13.7. The lowest BCUT2D eigenvalue weighted by Gasteiger charge is -2.08. The monoisotopic (exact) mass is 386 g/mol. The smallest absolute Gasteiger partial charge is 0.330 e. The second-order valence-corrected chi connectivity index (χ2v) is 6.87. The molecule has 0 saturated heterocycles. The number of hydrogen-bond donors (Lipinski definition) is 0. The largest absolute Gasteiger partial charge is 0.490 e. The minimum absolute atomic E-state index is 0.158. The van der Waals surface area contributed by atoms with Crippen LogP contribution in [0.4, 0.5) is 0 Å². The lowest BCUT2D eigenvalue weighted by Crippen LogP contribution is -2.10. The van der Waals surface area contributed by atoms with Gasteiger partial charge in [0, 0.05) is 12.5 Å². The summed E-state index contributed by atoms with van der Waals surface area (Å²) in [6.45, 7) is 7.41. The van der Waals surface area contributed by atoms with E-state index in [1.165, 1.54) is 50.2 Å². The van der Waals surface area contributed by atoms with Crippen molar-refractivity contribution < 1.29 is 19.1 Å². The van der Waals surface area contributed by atoms with E-state index in [4.69, 9.17) is 9.47 Å². The van der Waals surface area contributed by atoms with Gasteiger partial charge in [0.05, 0.1) is 0 Å². The van der Waals surface area contributed by atoms with Gasteiger partial charge in [-0.25, -0.2) is 4.79 Å². The highest BCUT2D eigenvalue weighted by Crippen LogP contribution is 2.16. The van der Waals surface area contributed by atoms with Crippen molar-refractivity contribution >= 4 is 11.8 Å². The zero-order chi connectivity index (χ0) is 20.5. The molecule has 0 aliphatic heterocycles.